The average Bonchev–Trinajstić information content (AvgIpc) is 4.08. The van der Waals surface area contributed by atoms with Gasteiger partial charge in [0.25, 0.3) is 0 Å². The van der Waals surface area contributed by atoms with Crippen LogP contribution in [0.5, 0.6) is 0 Å². The topological polar surface area (TPSA) is 25.8 Å². The minimum absolute atomic E-state index is 0.234. The lowest BCUT2D eigenvalue weighted by Gasteiger charge is -2.33. The molecule has 0 atom stereocenters. The zero-order valence-corrected chi connectivity index (χ0v) is 43.8. The lowest BCUT2D eigenvalue weighted by Crippen LogP contribution is -2.25. The number of aromatic nitrogens is 2. The Kier molecular flexibility index (Phi) is 20.2. The van der Waals surface area contributed by atoms with Crippen LogP contribution >= 0.6 is 34.4 Å². The van der Waals surface area contributed by atoms with Crippen molar-refractivity contribution in [1.82, 2.24) is 8.75 Å². The lowest BCUT2D eigenvalue weighted by atomic mass is 9.70. The van der Waals surface area contributed by atoms with Gasteiger partial charge in [-0.05, 0) is 112 Å². The molecule has 7 rings (SSSR count). The Labute approximate surface area is 402 Å². The summed E-state index contributed by atoms with van der Waals surface area (Å²) < 4.78 is 9.50. The Morgan fingerprint density at radius 1 is 0.406 bits per heavy atom. The normalized spacial score (nSPS) is 12.8. The molecule has 346 valence electrons. The quantitative estimate of drug-likeness (QED) is 0.0507. The van der Waals surface area contributed by atoms with Crippen LogP contribution in [0.15, 0.2) is 60.7 Å². The number of fused-ring (bicyclic) bond motifs is 4. The molecule has 0 saturated carbocycles. The van der Waals surface area contributed by atoms with Gasteiger partial charge >= 0.3 is 0 Å². The zero-order valence-electron chi connectivity index (χ0n) is 41.4. The molecule has 0 fully saturated rings. The monoisotopic (exact) mass is 915 g/mol. The number of hydrogen-bond donors (Lipinski definition) is 0. The molecule has 3 aromatic heterocycles. The fraction of sp³-hybridized carbons (Fsp3) is 0.559. The number of benzene rings is 3. The van der Waals surface area contributed by atoms with Crippen LogP contribution in [0.2, 0.25) is 0 Å². The number of thiophene rings is 2. The van der Waals surface area contributed by atoms with Gasteiger partial charge in [0.15, 0.2) is 0 Å². The summed E-state index contributed by atoms with van der Waals surface area (Å²) in [7, 11) is 0. The molecule has 0 unspecified atom stereocenters. The fourth-order valence-electron chi connectivity index (χ4n) is 10.4. The van der Waals surface area contributed by atoms with E-state index in [9.17, 15) is 0 Å². The van der Waals surface area contributed by atoms with Gasteiger partial charge in [0.05, 0.1) is 11.7 Å². The molecule has 1 aliphatic rings. The van der Waals surface area contributed by atoms with E-state index in [1.165, 1.54) is 230 Å². The highest BCUT2D eigenvalue weighted by Gasteiger charge is 2.42. The maximum absolute atomic E-state index is 4.75. The highest BCUT2D eigenvalue weighted by Crippen LogP contribution is 2.54. The van der Waals surface area contributed by atoms with E-state index in [2.05, 4.69) is 116 Å². The number of aryl methyl sites for hydroxylation is 6. The van der Waals surface area contributed by atoms with Gasteiger partial charge in [-0.2, -0.15) is 8.75 Å². The van der Waals surface area contributed by atoms with Crippen molar-refractivity contribution in [3.05, 3.63) is 104 Å². The highest BCUT2D eigenvalue weighted by atomic mass is 32.1. The second-order valence-corrected chi connectivity index (χ2v) is 22.4. The largest absolute Gasteiger partial charge is 0.172 e. The van der Waals surface area contributed by atoms with Crippen molar-refractivity contribution in [2.45, 2.75) is 215 Å². The molecule has 3 aromatic carbocycles. The Hall–Kier alpha value is -3.12. The van der Waals surface area contributed by atoms with Crippen molar-refractivity contribution in [2.24, 2.45) is 0 Å². The first-order valence-corrected chi connectivity index (χ1v) is 28.3. The van der Waals surface area contributed by atoms with Gasteiger partial charge in [0.1, 0.15) is 11.0 Å². The minimum Gasteiger partial charge on any atom is -0.172 e. The van der Waals surface area contributed by atoms with Crippen LogP contribution < -0.4 is 0 Å². The third-order valence-corrected chi connectivity index (χ3v) is 17.0. The van der Waals surface area contributed by atoms with Gasteiger partial charge in [-0.15, -0.1) is 22.7 Å². The summed E-state index contributed by atoms with van der Waals surface area (Å²) >= 11 is 5.16. The number of rotatable bonds is 26. The molecule has 3 heterocycles. The molecule has 6 aromatic rings. The Bertz CT molecular complexity index is 2160. The van der Waals surface area contributed by atoms with Gasteiger partial charge < -0.3 is 0 Å². The summed E-state index contributed by atoms with van der Waals surface area (Å²) in [6.07, 6.45) is 32.1. The van der Waals surface area contributed by atoms with E-state index in [1.807, 2.05) is 22.7 Å². The smallest absolute Gasteiger partial charge is 0.114 e. The first-order chi connectivity index (χ1) is 31.2. The zero-order chi connectivity index (χ0) is 45.3. The number of unbranched alkanes of at least 4 members (excludes halogenated alkanes) is 16. The van der Waals surface area contributed by atoms with E-state index < -0.39 is 0 Å². The van der Waals surface area contributed by atoms with Gasteiger partial charge in [-0.25, -0.2) is 0 Å². The van der Waals surface area contributed by atoms with Crippen LogP contribution in [0, 0.1) is 27.7 Å². The van der Waals surface area contributed by atoms with Crippen molar-refractivity contribution >= 4 is 45.4 Å². The van der Waals surface area contributed by atoms with E-state index >= 15 is 0 Å². The van der Waals surface area contributed by atoms with Crippen LogP contribution in [0.1, 0.15) is 212 Å². The minimum atomic E-state index is 0.234. The standard InChI is InChI=1S/C31H46.C28H36N2S3/c1-5-7-9-11-13-15-21-31(22-16-14-12-10-8-6-2)29-23-25(3)17-19-27(29)28-20-18-26(4)24-30(28)31;1-5-7-9-11-13-21-17-25(31-19(21)3)23-15-16-24(28-27(23)29-33-30-28)26-18-22(20(4)32-26)14-12-10-8-6-2/h17-20,23-24H,5-16,21-22H2,1-4H3;15-18H,5-14H2,1-4H3. The molecule has 5 heteroatoms. The summed E-state index contributed by atoms with van der Waals surface area (Å²) in [5.41, 5.74) is 17.0. The molecule has 0 aliphatic heterocycles. The summed E-state index contributed by atoms with van der Waals surface area (Å²) in [4.78, 5) is 5.56. The second kappa shape index (κ2) is 25.7. The van der Waals surface area contributed by atoms with Crippen molar-refractivity contribution < 1.29 is 0 Å². The van der Waals surface area contributed by atoms with E-state index in [0.717, 1.165) is 11.0 Å². The van der Waals surface area contributed by atoms with Crippen LogP contribution in [0.4, 0.5) is 0 Å². The summed E-state index contributed by atoms with van der Waals surface area (Å²) in [5, 5.41) is 0. The van der Waals surface area contributed by atoms with Gasteiger partial charge in [0.2, 0.25) is 0 Å². The fourth-order valence-corrected chi connectivity index (χ4v) is 13.1. The lowest BCUT2D eigenvalue weighted by molar-refractivity contribution is 0.397. The molecule has 0 bridgehead atoms. The number of hydrogen-bond acceptors (Lipinski definition) is 5. The van der Waals surface area contributed by atoms with Gasteiger partial charge in [-0.1, -0.05) is 203 Å². The third kappa shape index (κ3) is 12.9. The second-order valence-electron chi connectivity index (χ2n) is 19.3. The van der Waals surface area contributed by atoms with E-state index in [4.69, 9.17) is 8.75 Å². The van der Waals surface area contributed by atoms with Gasteiger partial charge in [-0.3, -0.25) is 0 Å². The van der Waals surface area contributed by atoms with Crippen molar-refractivity contribution in [3.8, 4) is 32.0 Å². The maximum Gasteiger partial charge on any atom is 0.114 e. The molecule has 0 N–H and O–H groups in total. The first kappa shape index (κ1) is 50.3. The van der Waals surface area contributed by atoms with Crippen LogP contribution in [-0.2, 0) is 18.3 Å². The van der Waals surface area contributed by atoms with E-state index in [-0.39, 0.29) is 5.41 Å². The van der Waals surface area contributed by atoms with Crippen LogP contribution in [-0.4, -0.2) is 8.75 Å². The SMILES string of the molecule is CCCCCCCCC1(CCCCCCCC)c2cc(C)ccc2-c2ccc(C)cc21.CCCCCCc1cc(-c2ccc(-c3cc(CCCCCC)c(C)s3)c3nsnc23)sc1C. The molecule has 2 nitrogen and oxygen atoms in total. The summed E-state index contributed by atoms with van der Waals surface area (Å²) in [6, 6.07) is 23.9. The van der Waals surface area contributed by atoms with Crippen LogP contribution in [0.3, 0.4) is 0 Å². The predicted octanol–water partition coefficient (Wildman–Crippen LogP) is 20.1. The Morgan fingerprint density at radius 2 is 0.766 bits per heavy atom. The molecule has 64 heavy (non-hydrogen) atoms. The first-order valence-electron chi connectivity index (χ1n) is 25.9. The summed E-state index contributed by atoms with van der Waals surface area (Å²) in [5.74, 6) is 0. The molecule has 0 spiro atoms. The summed E-state index contributed by atoms with van der Waals surface area (Å²) in [6.45, 7) is 18.3. The highest BCUT2D eigenvalue weighted by molar-refractivity contribution is 7.16. The average molecular weight is 916 g/mol. The van der Waals surface area contributed by atoms with Crippen molar-refractivity contribution in [1.29, 1.82) is 0 Å². The molecule has 0 saturated heterocycles. The number of nitrogens with zero attached hydrogens (tertiary/aromatic N) is 2. The molecular weight excluding hydrogens is 833 g/mol. The molecular formula is C59H82N2S3. The maximum atomic E-state index is 4.75. The third-order valence-electron chi connectivity index (χ3n) is 14.2. The molecule has 1 aliphatic carbocycles. The molecule has 0 amide bonds. The van der Waals surface area contributed by atoms with Crippen LogP contribution in [0.25, 0.3) is 43.0 Å². The Morgan fingerprint density at radius 3 is 1.17 bits per heavy atom. The van der Waals surface area contributed by atoms with Crippen molar-refractivity contribution in [2.75, 3.05) is 0 Å². The Balaban J connectivity index is 0.000000213. The predicted molar refractivity (Wildman–Crippen MR) is 287 cm³/mol. The van der Waals surface area contributed by atoms with E-state index in [0.29, 0.717) is 0 Å². The van der Waals surface area contributed by atoms with Gasteiger partial charge in [0, 0.05) is 36.1 Å². The van der Waals surface area contributed by atoms with E-state index in [1.54, 1.807) is 11.1 Å². The molecule has 0 radical (unpaired) electrons. The van der Waals surface area contributed by atoms with Crippen molar-refractivity contribution in [3.63, 3.8) is 0 Å².